The van der Waals surface area contributed by atoms with Gasteiger partial charge in [-0.3, -0.25) is 0 Å². The average molecular weight is 363 g/mol. The van der Waals surface area contributed by atoms with Crippen LogP contribution in [0, 0.1) is 5.92 Å². The number of aromatic carboxylic acids is 1. The van der Waals surface area contributed by atoms with E-state index in [1.165, 1.54) is 25.0 Å². The minimum absolute atomic E-state index is 0.00356. The maximum atomic E-state index is 12.7. The molecule has 146 valence electrons. The number of carbonyl (C=O) groups is 2. The van der Waals surface area contributed by atoms with Crippen LogP contribution in [0.25, 0.3) is 0 Å². The summed E-state index contributed by atoms with van der Waals surface area (Å²) in [6, 6.07) is 6.28. The SMILES string of the molecule is CCCCCCC(OC(=O)c1ccccc1C(=O)O)C(CC)CCCC. The average Bonchev–Trinajstić information content (AvgIpc) is 2.65. The van der Waals surface area contributed by atoms with Crippen molar-refractivity contribution in [2.75, 3.05) is 0 Å². The molecule has 0 saturated heterocycles. The van der Waals surface area contributed by atoms with Crippen molar-refractivity contribution in [3.8, 4) is 0 Å². The van der Waals surface area contributed by atoms with E-state index in [1.54, 1.807) is 12.1 Å². The zero-order valence-electron chi connectivity index (χ0n) is 16.5. The van der Waals surface area contributed by atoms with Crippen LogP contribution < -0.4 is 0 Å². The first-order valence-electron chi connectivity index (χ1n) is 10.1. The lowest BCUT2D eigenvalue weighted by Gasteiger charge is -2.26. The van der Waals surface area contributed by atoms with Gasteiger partial charge in [-0.15, -0.1) is 0 Å². The third-order valence-corrected chi connectivity index (χ3v) is 4.96. The van der Waals surface area contributed by atoms with Crippen molar-refractivity contribution >= 4 is 11.9 Å². The molecule has 1 aromatic carbocycles. The Kier molecular flexibility index (Phi) is 10.7. The minimum atomic E-state index is -1.10. The summed E-state index contributed by atoms with van der Waals surface area (Å²) in [5.74, 6) is -1.29. The lowest BCUT2D eigenvalue weighted by molar-refractivity contribution is 0.00745. The van der Waals surface area contributed by atoms with Crippen LogP contribution in [0.5, 0.6) is 0 Å². The Morgan fingerprint density at radius 3 is 2.15 bits per heavy atom. The lowest BCUT2D eigenvalue weighted by Crippen LogP contribution is -2.28. The van der Waals surface area contributed by atoms with Crippen LogP contribution in [-0.2, 0) is 4.74 Å². The van der Waals surface area contributed by atoms with Crippen LogP contribution in [0.2, 0.25) is 0 Å². The Labute approximate surface area is 158 Å². The van der Waals surface area contributed by atoms with Crippen LogP contribution in [0.3, 0.4) is 0 Å². The molecule has 4 nitrogen and oxygen atoms in total. The van der Waals surface area contributed by atoms with Crippen molar-refractivity contribution < 1.29 is 19.4 Å². The second-order valence-electron chi connectivity index (χ2n) is 6.95. The molecular weight excluding hydrogens is 328 g/mol. The number of hydrogen-bond acceptors (Lipinski definition) is 3. The molecule has 0 aliphatic carbocycles. The maximum absolute atomic E-state index is 12.7. The number of ether oxygens (including phenoxy) is 1. The molecule has 1 rings (SSSR count). The summed E-state index contributed by atoms with van der Waals surface area (Å²) in [5, 5.41) is 9.31. The van der Waals surface area contributed by atoms with Gasteiger partial charge in [-0.25, -0.2) is 9.59 Å². The highest BCUT2D eigenvalue weighted by molar-refractivity contribution is 6.02. The standard InChI is InChI=1S/C22H34O4/c1-4-7-9-10-16-20(17(6-3)13-8-5-2)26-22(25)19-15-12-11-14-18(19)21(23)24/h11-12,14-15,17,20H,4-10,13,16H2,1-3H3,(H,23,24). The molecule has 0 fully saturated rings. The molecular formula is C22H34O4. The number of hydrogen-bond donors (Lipinski definition) is 1. The Morgan fingerprint density at radius 1 is 0.923 bits per heavy atom. The fraction of sp³-hybridized carbons (Fsp3) is 0.636. The molecule has 2 atom stereocenters. The third kappa shape index (κ3) is 7.19. The number of esters is 1. The molecule has 0 aromatic heterocycles. The monoisotopic (exact) mass is 362 g/mol. The van der Waals surface area contributed by atoms with Gasteiger partial charge in [0.15, 0.2) is 0 Å². The highest BCUT2D eigenvalue weighted by Crippen LogP contribution is 2.25. The summed E-state index contributed by atoms with van der Waals surface area (Å²) < 4.78 is 5.86. The van der Waals surface area contributed by atoms with Crippen molar-refractivity contribution in [3.05, 3.63) is 35.4 Å². The highest BCUT2D eigenvalue weighted by atomic mass is 16.5. The molecule has 0 saturated carbocycles. The van der Waals surface area contributed by atoms with Gasteiger partial charge < -0.3 is 9.84 Å². The highest BCUT2D eigenvalue weighted by Gasteiger charge is 2.26. The van der Waals surface area contributed by atoms with Crippen LogP contribution in [-0.4, -0.2) is 23.1 Å². The first kappa shape index (κ1) is 22.2. The van der Waals surface area contributed by atoms with Gasteiger partial charge in [-0.05, 0) is 43.7 Å². The molecule has 0 amide bonds. The zero-order valence-corrected chi connectivity index (χ0v) is 16.5. The summed E-state index contributed by atoms with van der Waals surface area (Å²) in [5.41, 5.74) is 0.146. The fourth-order valence-electron chi connectivity index (χ4n) is 3.33. The molecule has 0 aliphatic heterocycles. The van der Waals surface area contributed by atoms with Crippen molar-refractivity contribution in [1.29, 1.82) is 0 Å². The van der Waals surface area contributed by atoms with Gasteiger partial charge in [-0.2, -0.15) is 0 Å². The number of carboxylic acids is 1. The molecule has 1 N–H and O–H groups in total. The van der Waals surface area contributed by atoms with Gasteiger partial charge in [-0.1, -0.05) is 65.0 Å². The van der Waals surface area contributed by atoms with E-state index >= 15 is 0 Å². The van der Waals surface area contributed by atoms with Gasteiger partial charge in [0.05, 0.1) is 11.1 Å². The number of carbonyl (C=O) groups excluding carboxylic acids is 1. The Bertz CT molecular complexity index is 553. The Hall–Kier alpha value is -1.84. The van der Waals surface area contributed by atoms with E-state index in [0.29, 0.717) is 5.92 Å². The zero-order chi connectivity index (χ0) is 19.4. The number of unbranched alkanes of at least 4 members (excludes halogenated alkanes) is 4. The van der Waals surface area contributed by atoms with Crippen molar-refractivity contribution in [1.82, 2.24) is 0 Å². The van der Waals surface area contributed by atoms with E-state index in [2.05, 4.69) is 20.8 Å². The smallest absolute Gasteiger partial charge is 0.339 e. The van der Waals surface area contributed by atoms with Gasteiger partial charge in [0, 0.05) is 0 Å². The second-order valence-corrected chi connectivity index (χ2v) is 6.95. The maximum Gasteiger partial charge on any atom is 0.339 e. The van der Waals surface area contributed by atoms with E-state index in [-0.39, 0.29) is 17.2 Å². The van der Waals surface area contributed by atoms with E-state index in [4.69, 9.17) is 4.74 Å². The number of rotatable bonds is 13. The molecule has 2 unspecified atom stereocenters. The summed E-state index contributed by atoms with van der Waals surface area (Å²) in [7, 11) is 0. The lowest BCUT2D eigenvalue weighted by atomic mass is 9.90. The normalized spacial score (nSPS) is 13.2. The molecule has 0 bridgehead atoms. The van der Waals surface area contributed by atoms with Gasteiger partial charge in [0.25, 0.3) is 0 Å². The molecule has 0 spiro atoms. The van der Waals surface area contributed by atoms with Gasteiger partial charge in [0.1, 0.15) is 6.10 Å². The predicted molar refractivity (Wildman–Crippen MR) is 105 cm³/mol. The Morgan fingerprint density at radius 2 is 1.58 bits per heavy atom. The van der Waals surface area contributed by atoms with Gasteiger partial charge in [0.2, 0.25) is 0 Å². The van der Waals surface area contributed by atoms with Crippen LogP contribution in [0.1, 0.15) is 99.3 Å². The van der Waals surface area contributed by atoms with E-state index in [0.717, 1.165) is 44.9 Å². The molecule has 26 heavy (non-hydrogen) atoms. The molecule has 0 aliphatic rings. The molecule has 1 aromatic rings. The first-order chi connectivity index (χ1) is 12.5. The molecule has 4 heteroatoms. The van der Waals surface area contributed by atoms with E-state index < -0.39 is 11.9 Å². The first-order valence-corrected chi connectivity index (χ1v) is 10.1. The number of carboxylic acid groups (broad SMARTS) is 1. The minimum Gasteiger partial charge on any atom is -0.478 e. The summed E-state index contributed by atoms with van der Waals surface area (Å²) in [6.07, 6.45) is 9.49. The van der Waals surface area contributed by atoms with Crippen LogP contribution in [0.4, 0.5) is 0 Å². The van der Waals surface area contributed by atoms with E-state index in [9.17, 15) is 14.7 Å². The van der Waals surface area contributed by atoms with Crippen molar-refractivity contribution in [2.45, 2.75) is 84.7 Å². The van der Waals surface area contributed by atoms with Crippen LogP contribution in [0.15, 0.2) is 24.3 Å². The summed E-state index contributed by atoms with van der Waals surface area (Å²) in [4.78, 5) is 24.1. The van der Waals surface area contributed by atoms with E-state index in [1.807, 2.05) is 0 Å². The fourth-order valence-corrected chi connectivity index (χ4v) is 3.33. The second kappa shape index (κ2) is 12.5. The summed E-state index contributed by atoms with van der Waals surface area (Å²) >= 11 is 0. The van der Waals surface area contributed by atoms with Crippen molar-refractivity contribution in [2.24, 2.45) is 5.92 Å². The summed E-state index contributed by atoms with van der Waals surface area (Å²) in [6.45, 7) is 6.48. The largest absolute Gasteiger partial charge is 0.478 e. The topological polar surface area (TPSA) is 63.6 Å². The number of benzene rings is 1. The Balaban J connectivity index is 2.88. The molecule has 0 heterocycles. The molecule has 0 radical (unpaired) electrons. The van der Waals surface area contributed by atoms with Crippen LogP contribution >= 0.6 is 0 Å². The third-order valence-electron chi connectivity index (χ3n) is 4.96. The van der Waals surface area contributed by atoms with Gasteiger partial charge >= 0.3 is 11.9 Å². The predicted octanol–water partition coefficient (Wildman–Crippen LogP) is 6.10. The van der Waals surface area contributed by atoms with Crippen molar-refractivity contribution in [3.63, 3.8) is 0 Å². The quantitative estimate of drug-likeness (QED) is 0.340.